The molecule has 1 aromatic carbocycles. The van der Waals surface area contributed by atoms with Crippen molar-refractivity contribution in [3.05, 3.63) is 29.6 Å². The lowest BCUT2D eigenvalue weighted by atomic mass is 10.2. The van der Waals surface area contributed by atoms with Crippen LogP contribution in [0.2, 0.25) is 0 Å². The number of alkyl halides is 1. The molecule has 0 atom stereocenters. The van der Waals surface area contributed by atoms with Gasteiger partial charge in [-0.05, 0) is 25.0 Å². The first kappa shape index (κ1) is 14.7. The van der Waals surface area contributed by atoms with Crippen LogP contribution in [0.3, 0.4) is 0 Å². The van der Waals surface area contributed by atoms with Crippen LogP contribution < -0.4 is 4.72 Å². The summed E-state index contributed by atoms with van der Waals surface area (Å²) in [6.45, 7) is 0. The third kappa shape index (κ3) is 4.17. The quantitative estimate of drug-likeness (QED) is 0.646. The van der Waals surface area contributed by atoms with Crippen molar-refractivity contribution in [1.29, 1.82) is 5.26 Å². The van der Waals surface area contributed by atoms with Crippen LogP contribution in [-0.2, 0) is 10.0 Å². The van der Waals surface area contributed by atoms with Gasteiger partial charge in [-0.25, -0.2) is 12.8 Å². The predicted molar refractivity (Wildman–Crippen MR) is 68.5 cm³/mol. The fourth-order valence-corrected chi connectivity index (χ4v) is 2.71. The summed E-state index contributed by atoms with van der Waals surface area (Å²) in [5, 5.41) is 8.77. The summed E-state index contributed by atoms with van der Waals surface area (Å²) in [5.74, 6) is -0.474. The molecule has 0 radical (unpaired) electrons. The highest BCUT2D eigenvalue weighted by molar-refractivity contribution is 7.92. The van der Waals surface area contributed by atoms with Gasteiger partial charge in [0, 0.05) is 5.88 Å². The first-order chi connectivity index (χ1) is 8.50. The van der Waals surface area contributed by atoms with Gasteiger partial charge in [0.25, 0.3) is 0 Å². The number of benzene rings is 1. The molecular formula is C11H12ClFN2O2S. The van der Waals surface area contributed by atoms with E-state index in [9.17, 15) is 12.8 Å². The Bertz CT molecular complexity index is 555. The molecule has 1 N–H and O–H groups in total. The molecule has 0 amide bonds. The minimum absolute atomic E-state index is 0.0385. The summed E-state index contributed by atoms with van der Waals surface area (Å²) < 4.78 is 38.8. The van der Waals surface area contributed by atoms with Crippen molar-refractivity contribution in [3.8, 4) is 6.07 Å². The van der Waals surface area contributed by atoms with Gasteiger partial charge in [0.05, 0.1) is 11.4 Å². The van der Waals surface area contributed by atoms with Crippen molar-refractivity contribution in [2.75, 3.05) is 16.4 Å². The molecular weight excluding hydrogens is 279 g/mol. The van der Waals surface area contributed by atoms with Crippen LogP contribution in [0.25, 0.3) is 0 Å². The second kappa shape index (κ2) is 6.57. The van der Waals surface area contributed by atoms with Gasteiger partial charge in [-0.3, -0.25) is 4.72 Å². The van der Waals surface area contributed by atoms with Crippen LogP contribution >= 0.6 is 11.6 Å². The van der Waals surface area contributed by atoms with Gasteiger partial charge in [-0.2, -0.15) is 5.26 Å². The van der Waals surface area contributed by atoms with Crippen LogP contribution in [-0.4, -0.2) is 20.1 Å². The summed E-state index contributed by atoms with van der Waals surface area (Å²) in [6, 6.07) is 5.42. The van der Waals surface area contributed by atoms with E-state index < -0.39 is 15.8 Å². The van der Waals surface area contributed by atoms with E-state index in [1.807, 2.05) is 0 Å². The average Bonchev–Trinajstić information content (AvgIpc) is 2.29. The fourth-order valence-electron chi connectivity index (χ4n) is 1.33. The number of nitrogens with one attached hydrogen (secondary N) is 1. The van der Waals surface area contributed by atoms with Crippen molar-refractivity contribution in [3.63, 3.8) is 0 Å². The molecule has 0 aliphatic heterocycles. The van der Waals surface area contributed by atoms with E-state index in [2.05, 4.69) is 4.72 Å². The lowest BCUT2D eigenvalue weighted by Gasteiger charge is -2.09. The molecule has 0 heterocycles. The van der Waals surface area contributed by atoms with Gasteiger partial charge >= 0.3 is 0 Å². The van der Waals surface area contributed by atoms with E-state index >= 15 is 0 Å². The summed E-state index contributed by atoms with van der Waals surface area (Å²) in [5.41, 5.74) is -0.346. The first-order valence-electron chi connectivity index (χ1n) is 5.25. The molecule has 0 aliphatic carbocycles. The third-order valence-corrected chi connectivity index (χ3v) is 3.81. The Morgan fingerprint density at radius 1 is 1.39 bits per heavy atom. The highest BCUT2D eigenvalue weighted by atomic mass is 35.5. The predicted octanol–water partition coefficient (Wildman–Crippen LogP) is 2.46. The molecule has 0 saturated carbocycles. The van der Waals surface area contributed by atoms with Gasteiger partial charge in [0.1, 0.15) is 17.4 Å². The van der Waals surface area contributed by atoms with Crippen molar-refractivity contribution in [2.24, 2.45) is 0 Å². The number of hydrogen-bond donors (Lipinski definition) is 1. The number of anilines is 1. The van der Waals surface area contributed by atoms with Crippen LogP contribution in [0.4, 0.5) is 10.1 Å². The van der Waals surface area contributed by atoms with Gasteiger partial charge in [0.2, 0.25) is 10.0 Å². The minimum Gasteiger partial charge on any atom is -0.282 e. The zero-order chi connectivity index (χ0) is 13.6. The van der Waals surface area contributed by atoms with Gasteiger partial charge in [-0.1, -0.05) is 6.07 Å². The Balaban J connectivity index is 2.85. The number of hydrogen-bond acceptors (Lipinski definition) is 3. The highest BCUT2D eigenvalue weighted by Crippen LogP contribution is 2.19. The summed E-state index contributed by atoms with van der Waals surface area (Å²) in [7, 11) is -3.58. The number of sulfonamides is 1. The lowest BCUT2D eigenvalue weighted by molar-refractivity contribution is 0.597. The molecule has 0 aliphatic rings. The Morgan fingerprint density at radius 3 is 2.72 bits per heavy atom. The number of halogens is 2. The van der Waals surface area contributed by atoms with Crippen molar-refractivity contribution >= 4 is 27.3 Å². The molecule has 4 nitrogen and oxygen atoms in total. The summed E-state index contributed by atoms with van der Waals surface area (Å²) in [4.78, 5) is 0. The van der Waals surface area contributed by atoms with E-state index in [0.29, 0.717) is 18.7 Å². The Labute approximate surface area is 110 Å². The maximum Gasteiger partial charge on any atom is 0.232 e. The molecule has 0 bridgehead atoms. The van der Waals surface area contributed by atoms with Crippen molar-refractivity contribution in [2.45, 2.75) is 12.8 Å². The Kier molecular flexibility index (Phi) is 5.38. The monoisotopic (exact) mass is 290 g/mol. The summed E-state index contributed by atoms with van der Waals surface area (Å²) >= 11 is 5.45. The molecule has 1 aromatic rings. The van der Waals surface area contributed by atoms with E-state index in [-0.39, 0.29) is 17.0 Å². The Morgan fingerprint density at radius 2 is 2.11 bits per heavy atom. The molecule has 0 saturated heterocycles. The Hall–Kier alpha value is -1.32. The van der Waals surface area contributed by atoms with Gasteiger partial charge < -0.3 is 0 Å². The zero-order valence-electron chi connectivity index (χ0n) is 9.49. The number of nitriles is 1. The standard InChI is InChI=1S/C11H12ClFN2O2S/c12-6-1-2-7-18(16,17)15-11-5-3-4-10(13)9(11)8-14/h3-5,15H,1-2,6-7H2. The largest absolute Gasteiger partial charge is 0.282 e. The second-order valence-corrected chi connectivity index (χ2v) is 5.81. The molecule has 0 unspecified atom stereocenters. The topological polar surface area (TPSA) is 70.0 Å². The first-order valence-corrected chi connectivity index (χ1v) is 7.44. The smallest absolute Gasteiger partial charge is 0.232 e. The molecule has 1 rings (SSSR count). The molecule has 0 spiro atoms. The minimum atomic E-state index is -3.58. The summed E-state index contributed by atoms with van der Waals surface area (Å²) in [6.07, 6.45) is 0.993. The highest BCUT2D eigenvalue weighted by Gasteiger charge is 2.14. The van der Waals surface area contributed by atoms with Crippen molar-refractivity contribution in [1.82, 2.24) is 0 Å². The van der Waals surface area contributed by atoms with Crippen LogP contribution in [0, 0.1) is 17.1 Å². The normalized spacial score (nSPS) is 10.9. The maximum absolute atomic E-state index is 13.3. The number of unbranched alkanes of at least 4 members (excludes halogenated alkanes) is 1. The van der Waals surface area contributed by atoms with E-state index in [0.717, 1.165) is 6.07 Å². The number of nitrogens with zero attached hydrogens (tertiary/aromatic N) is 1. The van der Waals surface area contributed by atoms with Gasteiger partial charge in [0.15, 0.2) is 0 Å². The average molecular weight is 291 g/mol. The van der Waals surface area contributed by atoms with E-state index in [1.165, 1.54) is 12.1 Å². The third-order valence-electron chi connectivity index (χ3n) is 2.19. The molecule has 0 aromatic heterocycles. The zero-order valence-corrected chi connectivity index (χ0v) is 11.1. The van der Waals surface area contributed by atoms with E-state index in [1.54, 1.807) is 6.07 Å². The molecule has 0 fully saturated rings. The number of rotatable bonds is 6. The molecule has 18 heavy (non-hydrogen) atoms. The van der Waals surface area contributed by atoms with Gasteiger partial charge in [-0.15, -0.1) is 11.6 Å². The second-order valence-electron chi connectivity index (χ2n) is 3.59. The maximum atomic E-state index is 13.3. The molecule has 7 heteroatoms. The van der Waals surface area contributed by atoms with Crippen molar-refractivity contribution < 1.29 is 12.8 Å². The lowest BCUT2D eigenvalue weighted by Crippen LogP contribution is -2.17. The fraction of sp³-hybridized carbons (Fsp3) is 0.364. The van der Waals surface area contributed by atoms with E-state index in [4.69, 9.17) is 16.9 Å². The molecule has 98 valence electrons. The van der Waals surface area contributed by atoms with Crippen LogP contribution in [0.1, 0.15) is 18.4 Å². The van der Waals surface area contributed by atoms with Crippen LogP contribution in [0.5, 0.6) is 0 Å². The van der Waals surface area contributed by atoms with Crippen LogP contribution in [0.15, 0.2) is 18.2 Å². The SMILES string of the molecule is N#Cc1c(F)cccc1NS(=O)(=O)CCCCCl.